The summed E-state index contributed by atoms with van der Waals surface area (Å²) in [4.78, 5) is 11.3. The predicted molar refractivity (Wildman–Crippen MR) is 107 cm³/mol. The molecule has 0 amide bonds. The lowest BCUT2D eigenvalue weighted by Gasteiger charge is -2.15. The Kier molecular flexibility index (Phi) is 6.53. The zero-order valence-electron chi connectivity index (χ0n) is 15.7. The monoisotopic (exact) mass is 460 g/mol. The minimum atomic E-state index is -5.08. The molecule has 1 fully saturated rings. The van der Waals surface area contributed by atoms with Crippen LogP contribution in [0.2, 0.25) is 0 Å². The maximum absolute atomic E-state index is 12.8. The fraction of sp³-hybridized carbons (Fsp3) is 0.316. The van der Waals surface area contributed by atoms with Crippen LogP contribution in [0.1, 0.15) is 18.4 Å². The lowest BCUT2D eigenvalue weighted by Crippen LogP contribution is -2.21. The van der Waals surface area contributed by atoms with Gasteiger partial charge < -0.3 is 5.11 Å². The van der Waals surface area contributed by atoms with Gasteiger partial charge in [0, 0.05) is 18.1 Å². The number of carboxylic acid groups (broad SMARTS) is 1. The molecule has 1 aliphatic rings. The van der Waals surface area contributed by atoms with E-state index >= 15 is 0 Å². The highest BCUT2D eigenvalue weighted by Gasteiger charge is 2.38. The van der Waals surface area contributed by atoms with Crippen LogP contribution in [-0.4, -0.2) is 47.6 Å². The Labute approximate surface area is 175 Å². The van der Waals surface area contributed by atoms with E-state index in [2.05, 4.69) is 11.0 Å². The molecule has 1 aromatic carbocycles. The second-order valence-corrected chi connectivity index (χ2v) is 9.67. The molecule has 11 heteroatoms. The Hall–Kier alpha value is -2.37. The summed E-state index contributed by atoms with van der Waals surface area (Å²) in [6.07, 6.45) is -0.902. The highest BCUT2D eigenvalue weighted by Crippen LogP contribution is 2.28. The highest BCUT2D eigenvalue weighted by molar-refractivity contribution is 7.92. The molecule has 0 radical (unpaired) electrons. The van der Waals surface area contributed by atoms with E-state index in [1.807, 2.05) is 18.2 Å². The molecule has 0 atom stereocenters. The molecule has 1 aliphatic heterocycles. The van der Waals surface area contributed by atoms with Crippen molar-refractivity contribution in [3.8, 4) is 0 Å². The maximum atomic E-state index is 12.8. The molecule has 3 aromatic rings. The third kappa shape index (κ3) is 4.85. The zero-order valence-corrected chi connectivity index (χ0v) is 17.3. The summed E-state index contributed by atoms with van der Waals surface area (Å²) in [6.45, 7) is 3.15. The van der Waals surface area contributed by atoms with E-state index in [1.165, 1.54) is 33.7 Å². The number of aliphatic carboxylic acids is 1. The average molecular weight is 460 g/mol. The topological polar surface area (TPSA) is 79.6 Å². The van der Waals surface area contributed by atoms with Gasteiger partial charge in [-0.25, -0.2) is 8.77 Å². The summed E-state index contributed by atoms with van der Waals surface area (Å²) in [6, 6.07) is 11.3. The molecule has 0 bridgehead atoms. The zero-order chi connectivity index (χ0) is 21.9. The van der Waals surface area contributed by atoms with Crippen LogP contribution in [0.5, 0.6) is 0 Å². The standard InChI is InChI=1S/C17H18N2O2S2.C2HF3O2/c20-23(21,17-7-4-12-22-17)19-11-8-15-14(5-3-6-16(15)19)13-18-9-1-2-10-18;3-2(4,5)1(6)7/h3-8,11-12H,1-2,9-10,13H2;(H,6,7). The first-order valence-electron chi connectivity index (χ1n) is 9.01. The molecule has 0 unspecified atom stereocenters. The molecule has 162 valence electrons. The lowest BCUT2D eigenvalue weighted by atomic mass is 10.1. The number of hydrogen-bond donors (Lipinski definition) is 1. The van der Waals surface area contributed by atoms with Crippen LogP contribution in [0.25, 0.3) is 10.9 Å². The Morgan fingerprint density at radius 2 is 1.77 bits per heavy atom. The minimum absolute atomic E-state index is 0.375. The quantitative estimate of drug-likeness (QED) is 0.632. The normalized spacial score (nSPS) is 15.2. The Morgan fingerprint density at radius 1 is 1.10 bits per heavy atom. The molecule has 6 nitrogen and oxygen atoms in total. The first-order chi connectivity index (χ1) is 14.1. The van der Waals surface area contributed by atoms with E-state index in [1.54, 1.807) is 23.7 Å². The van der Waals surface area contributed by atoms with Crippen molar-refractivity contribution in [2.75, 3.05) is 13.1 Å². The number of fused-ring (bicyclic) bond motifs is 1. The molecule has 1 N–H and O–H groups in total. The number of alkyl halides is 3. The number of aromatic nitrogens is 1. The molecule has 0 spiro atoms. The van der Waals surface area contributed by atoms with Gasteiger partial charge in [0.25, 0.3) is 10.0 Å². The van der Waals surface area contributed by atoms with Crippen LogP contribution in [0.3, 0.4) is 0 Å². The first kappa shape index (κ1) is 22.3. The van der Waals surface area contributed by atoms with Gasteiger partial charge in [0.1, 0.15) is 4.21 Å². The van der Waals surface area contributed by atoms with Crippen molar-refractivity contribution in [3.05, 3.63) is 53.5 Å². The largest absolute Gasteiger partial charge is 0.490 e. The van der Waals surface area contributed by atoms with Gasteiger partial charge in [0.2, 0.25) is 0 Å². The van der Waals surface area contributed by atoms with Crippen molar-refractivity contribution in [2.45, 2.75) is 29.8 Å². The maximum Gasteiger partial charge on any atom is 0.490 e. The molecule has 0 aliphatic carbocycles. The Morgan fingerprint density at radius 3 is 2.33 bits per heavy atom. The molecular weight excluding hydrogens is 441 g/mol. The van der Waals surface area contributed by atoms with E-state index in [0.29, 0.717) is 4.21 Å². The minimum Gasteiger partial charge on any atom is -0.475 e. The van der Waals surface area contributed by atoms with Gasteiger partial charge in [-0.3, -0.25) is 4.90 Å². The summed E-state index contributed by atoms with van der Waals surface area (Å²) in [5.74, 6) is -2.76. The smallest absolute Gasteiger partial charge is 0.475 e. The number of halogens is 3. The molecule has 3 heterocycles. The van der Waals surface area contributed by atoms with Crippen molar-refractivity contribution >= 4 is 38.2 Å². The van der Waals surface area contributed by atoms with Crippen LogP contribution in [-0.2, 0) is 21.4 Å². The van der Waals surface area contributed by atoms with Crippen molar-refractivity contribution in [1.29, 1.82) is 0 Å². The van der Waals surface area contributed by atoms with E-state index in [0.717, 1.165) is 30.5 Å². The second kappa shape index (κ2) is 8.78. The lowest BCUT2D eigenvalue weighted by molar-refractivity contribution is -0.192. The molecule has 1 saturated heterocycles. The van der Waals surface area contributed by atoms with E-state index in [-0.39, 0.29) is 0 Å². The van der Waals surface area contributed by atoms with Gasteiger partial charge in [0.05, 0.1) is 5.52 Å². The van der Waals surface area contributed by atoms with Gasteiger partial charge in [0.15, 0.2) is 0 Å². The van der Waals surface area contributed by atoms with Crippen LogP contribution in [0.15, 0.2) is 52.2 Å². The second-order valence-electron chi connectivity index (χ2n) is 6.68. The molecular formula is C19H19F3N2O4S2. The summed E-state index contributed by atoms with van der Waals surface area (Å²) in [7, 11) is -3.50. The van der Waals surface area contributed by atoms with Crippen molar-refractivity contribution in [3.63, 3.8) is 0 Å². The third-order valence-electron chi connectivity index (χ3n) is 4.63. The molecule has 0 saturated carbocycles. The van der Waals surface area contributed by atoms with Gasteiger partial charge in [-0.15, -0.1) is 11.3 Å². The van der Waals surface area contributed by atoms with Gasteiger partial charge in [-0.1, -0.05) is 18.2 Å². The number of nitrogens with zero attached hydrogens (tertiary/aromatic N) is 2. The van der Waals surface area contributed by atoms with Crippen LogP contribution < -0.4 is 0 Å². The summed E-state index contributed by atoms with van der Waals surface area (Å²) >= 11 is 1.25. The molecule has 30 heavy (non-hydrogen) atoms. The van der Waals surface area contributed by atoms with Crippen LogP contribution >= 0.6 is 11.3 Å². The van der Waals surface area contributed by atoms with Crippen molar-refractivity contribution in [2.24, 2.45) is 0 Å². The molecule has 2 aromatic heterocycles. The summed E-state index contributed by atoms with van der Waals surface area (Å²) in [5.41, 5.74) is 1.96. The number of thiophene rings is 1. The Balaban J connectivity index is 0.000000318. The number of carboxylic acids is 1. The predicted octanol–water partition coefficient (Wildman–Crippen LogP) is 4.17. The fourth-order valence-electron chi connectivity index (χ4n) is 3.24. The first-order valence-corrected chi connectivity index (χ1v) is 11.3. The van der Waals surface area contributed by atoms with E-state index in [4.69, 9.17) is 9.90 Å². The third-order valence-corrected chi connectivity index (χ3v) is 7.69. The Bertz CT molecular complexity index is 1120. The average Bonchev–Trinajstić information content (AvgIpc) is 3.43. The van der Waals surface area contributed by atoms with E-state index < -0.39 is 22.2 Å². The highest BCUT2D eigenvalue weighted by atomic mass is 32.2. The van der Waals surface area contributed by atoms with Crippen LogP contribution in [0, 0.1) is 0 Å². The molecule has 4 rings (SSSR count). The number of carbonyl (C=O) groups is 1. The van der Waals surface area contributed by atoms with Gasteiger partial charge in [-0.2, -0.15) is 21.6 Å². The van der Waals surface area contributed by atoms with E-state index in [9.17, 15) is 21.6 Å². The summed E-state index contributed by atoms with van der Waals surface area (Å²) in [5, 5.41) is 9.94. The van der Waals surface area contributed by atoms with Crippen molar-refractivity contribution in [1.82, 2.24) is 8.87 Å². The number of likely N-dealkylation sites (tertiary alicyclic amines) is 1. The van der Waals surface area contributed by atoms with Gasteiger partial charge >= 0.3 is 12.1 Å². The number of hydrogen-bond acceptors (Lipinski definition) is 5. The summed E-state index contributed by atoms with van der Waals surface area (Å²) < 4.78 is 59.1. The SMILES string of the molecule is O=C(O)C(F)(F)F.O=S(=O)(c1cccs1)n1ccc2c(CN3CCCC3)cccc21. The fourth-order valence-corrected chi connectivity index (χ4v) is 5.67. The van der Waals surface area contributed by atoms with Gasteiger partial charge in [-0.05, 0) is 55.1 Å². The van der Waals surface area contributed by atoms with Crippen LogP contribution in [0.4, 0.5) is 13.2 Å². The number of benzene rings is 1. The number of rotatable bonds is 4. The van der Waals surface area contributed by atoms with Crippen molar-refractivity contribution < 1.29 is 31.5 Å².